The largest absolute Gasteiger partial charge is 0.497 e. The molecule has 9 heteroatoms. The molecule has 0 fully saturated rings. The van der Waals surface area contributed by atoms with E-state index in [1.807, 2.05) is 0 Å². The molecule has 2 aromatic carbocycles. The Morgan fingerprint density at radius 2 is 1.59 bits per heavy atom. The third-order valence-electron chi connectivity index (χ3n) is 3.72. The zero-order chi connectivity index (χ0) is 19.2. The van der Waals surface area contributed by atoms with Crippen LogP contribution in [0.25, 0.3) is 0 Å². The fourth-order valence-corrected chi connectivity index (χ4v) is 2.42. The lowest BCUT2D eigenvalue weighted by molar-refractivity contribution is -0.383. The van der Waals surface area contributed by atoms with E-state index in [2.05, 4.69) is 20.6 Å². The van der Waals surface area contributed by atoms with Crippen LogP contribution >= 0.6 is 0 Å². The van der Waals surface area contributed by atoms with Crippen LogP contribution in [0.2, 0.25) is 0 Å². The van der Waals surface area contributed by atoms with Crippen LogP contribution in [0.5, 0.6) is 11.5 Å². The summed E-state index contributed by atoms with van der Waals surface area (Å²) in [5, 5.41) is 17.6. The van der Waals surface area contributed by atoms with Gasteiger partial charge in [-0.2, -0.15) is 0 Å². The average Bonchev–Trinajstić information content (AvgIpc) is 2.69. The zero-order valence-electron chi connectivity index (χ0n) is 14.7. The molecule has 138 valence electrons. The van der Waals surface area contributed by atoms with Crippen LogP contribution in [-0.4, -0.2) is 29.1 Å². The number of nitro groups is 1. The summed E-state index contributed by atoms with van der Waals surface area (Å²) in [4.78, 5) is 19.2. The van der Waals surface area contributed by atoms with Crippen LogP contribution in [-0.2, 0) is 0 Å². The van der Waals surface area contributed by atoms with E-state index in [1.54, 1.807) is 55.6 Å². The molecule has 0 saturated heterocycles. The Bertz CT molecular complexity index is 947. The summed E-state index contributed by atoms with van der Waals surface area (Å²) in [7, 11) is 3.08. The quantitative estimate of drug-likeness (QED) is 0.478. The van der Waals surface area contributed by atoms with Crippen molar-refractivity contribution >= 4 is 28.7 Å². The molecule has 2 N–H and O–H groups in total. The summed E-state index contributed by atoms with van der Waals surface area (Å²) in [6.07, 6.45) is 1.25. The van der Waals surface area contributed by atoms with Gasteiger partial charge in [-0.1, -0.05) is 12.1 Å². The van der Waals surface area contributed by atoms with Gasteiger partial charge in [0.2, 0.25) is 11.6 Å². The summed E-state index contributed by atoms with van der Waals surface area (Å²) in [5.74, 6) is 1.33. The lowest BCUT2D eigenvalue weighted by atomic mass is 10.2. The van der Waals surface area contributed by atoms with E-state index in [0.717, 1.165) is 0 Å². The maximum absolute atomic E-state index is 11.7. The molecule has 0 saturated carbocycles. The van der Waals surface area contributed by atoms with Crippen molar-refractivity contribution in [3.63, 3.8) is 0 Å². The van der Waals surface area contributed by atoms with Gasteiger partial charge in [-0.15, -0.1) is 0 Å². The Morgan fingerprint density at radius 1 is 0.926 bits per heavy atom. The highest BCUT2D eigenvalue weighted by Crippen LogP contribution is 2.35. The molecular weight excluding hydrogens is 350 g/mol. The van der Waals surface area contributed by atoms with Crippen molar-refractivity contribution in [2.45, 2.75) is 0 Å². The van der Waals surface area contributed by atoms with E-state index < -0.39 is 4.92 Å². The molecule has 27 heavy (non-hydrogen) atoms. The van der Waals surface area contributed by atoms with Gasteiger partial charge < -0.3 is 20.1 Å². The first-order chi connectivity index (χ1) is 13.1. The molecule has 0 amide bonds. The van der Waals surface area contributed by atoms with E-state index in [-0.39, 0.29) is 17.3 Å². The van der Waals surface area contributed by atoms with E-state index in [0.29, 0.717) is 22.9 Å². The molecule has 9 nitrogen and oxygen atoms in total. The average molecular weight is 367 g/mol. The number of nitrogens with zero attached hydrogens (tertiary/aromatic N) is 3. The molecule has 0 aliphatic carbocycles. The second kappa shape index (κ2) is 8.00. The Hall–Kier alpha value is -3.88. The molecule has 1 aromatic heterocycles. The standard InChI is InChI=1S/C18H17N5O4/c1-26-13-9-7-12(8-10-13)21-17-16(23(24)25)18(20-11-19-17)22-14-5-3-4-6-15(14)27-2/h3-11H,1-2H3,(H2,19,20,21,22). The summed E-state index contributed by atoms with van der Waals surface area (Å²) in [6, 6.07) is 14.0. The summed E-state index contributed by atoms with van der Waals surface area (Å²) in [6.45, 7) is 0. The SMILES string of the molecule is COc1ccc(Nc2ncnc(Nc3ccccc3OC)c2[N+](=O)[O-])cc1. The van der Waals surface area contributed by atoms with E-state index >= 15 is 0 Å². The Balaban J connectivity index is 1.95. The van der Waals surface area contributed by atoms with Gasteiger partial charge in [0.1, 0.15) is 17.8 Å². The summed E-state index contributed by atoms with van der Waals surface area (Å²) >= 11 is 0. The smallest absolute Gasteiger partial charge is 0.353 e. The molecule has 3 aromatic rings. The number of hydrogen-bond acceptors (Lipinski definition) is 8. The number of aromatic nitrogens is 2. The summed E-state index contributed by atoms with van der Waals surface area (Å²) < 4.78 is 10.4. The molecule has 0 unspecified atom stereocenters. The van der Waals surface area contributed by atoms with Gasteiger partial charge >= 0.3 is 5.69 Å². The number of anilines is 4. The van der Waals surface area contributed by atoms with Crippen LogP contribution in [0.1, 0.15) is 0 Å². The van der Waals surface area contributed by atoms with Crippen LogP contribution in [0.4, 0.5) is 28.7 Å². The van der Waals surface area contributed by atoms with Crippen LogP contribution in [0, 0.1) is 10.1 Å². The van der Waals surface area contributed by atoms with E-state index in [4.69, 9.17) is 9.47 Å². The molecule has 3 rings (SSSR count). The Morgan fingerprint density at radius 3 is 2.22 bits per heavy atom. The fraction of sp³-hybridized carbons (Fsp3) is 0.111. The zero-order valence-corrected chi connectivity index (χ0v) is 14.7. The molecule has 1 heterocycles. The number of rotatable bonds is 7. The highest BCUT2D eigenvalue weighted by atomic mass is 16.6. The Labute approximate surface area is 155 Å². The van der Waals surface area contributed by atoms with Crippen molar-refractivity contribution in [2.24, 2.45) is 0 Å². The molecule has 0 bridgehead atoms. The highest BCUT2D eigenvalue weighted by Gasteiger charge is 2.24. The topological polar surface area (TPSA) is 111 Å². The maximum Gasteiger partial charge on any atom is 0.353 e. The van der Waals surface area contributed by atoms with Gasteiger partial charge in [0.15, 0.2) is 0 Å². The normalized spacial score (nSPS) is 10.1. The Kier molecular flexibility index (Phi) is 5.31. The van der Waals surface area contributed by atoms with Crippen LogP contribution in [0.15, 0.2) is 54.9 Å². The number of ether oxygens (including phenoxy) is 2. The van der Waals surface area contributed by atoms with Gasteiger partial charge in [0, 0.05) is 5.69 Å². The van der Waals surface area contributed by atoms with Gasteiger partial charge in [-0.3, -0.25) is 10.1 Å². The molecule has 0 aliphatic heterocycles. The molecule has 0 atom stereocenters. The third-order valence-corrected chi connectivity index (χ3v) is 3.72. The lowest BCUT2D eigenvalue weighted by Gasteiger charge is -2.12. The van der Waals surface area contributed by atoms with Crippen molar-refractivity contribution in [2.75, 3.05) is 24.9 Å². The minimum atomic E-state index is -0.538. The number of para-hydroxylation sites is 2. The molecular formula is C18H17N5O4. The summed E-state index contributed by atoms with van der Waals surface area (Å²) in [5.41, 5.74) is 0.900. The highest BCUT2D eigenvalue weighted by molar-refractivity contribution is 5.78. The molecule has 0 radical (unpaired) electrons. The van der Waals surface area contributed by atoms with Gasteiger partial charge in [-0.25, -0.2) is 9.97 Å². The number of methoxy groups -OCH3 is 2. The maximum atomic E-state index is 11.7. The van der Waals surface area contributed by atoms with E-state index in [1.165, 1.54) is 13.4 Å². The lowest BCUT2D eigenvalue weighted by Crippen LogP contribution is -2.06. The molecule has 0 aliphatic rings. The second-order valence-electron chi connectivity index (χ2n) is 5.36. The van der Waals surface area contributed by atoms with Crippen molar-refractivity contribution < 1.29 is 14.4 Å². The first-order valence-electron chi connectivity index (χ1n) is 7.93. The number of hydrogen-bond donors (Lipinski definition) is 2. The van der Waals surface area contributed by atoms with Crippen LogP contribution < -0.4 is 20.1 Å². The van der Waals surface area contributed by atoms with E-state index in [9.17, 15) is 10.1 Å². The molecule has 0 spiro atoms. The van der Waals surface area contributed by atoms with Crippen LogP contribution in [0.3, 0.4) is 0 Å². The van der Waals surface area contributed by atoms with Crippen molar-refractivity contribution in [1.29, 1.82) is 0 Å². The number of nitrogens with one attached hydrogen (secondary N) is 2. The van der Waals surface area contributed by atoms with Crippen molar-refractivity contribution in [1.82, 2.24) is 9.97 Å². The third kappa shape index (κ3) is 4.03. The van der Waals surface area contributed by atoms with Crippen molar-refractivity contribution in [3.05, 3.63) is 65.0 Å². The minimum absolute atomic E-state index is 0.0514. The first kappa shape index (κ1) is 17.9. The predicted molar refractivity (Wildman–Crippen MR) is 101 cm³/mol. The monoisotopic (exact) mass is 367 g/mol. The second-order valence-corrected chi connectivity index (χ2v) is 5.36. The van der Waals surface area contributed by atoms with Gasteiger partial charge in [0.05, 0.1) is 24.8 Å². The van der Waals surface area contributed by atoms with Crippen molar-refractivity contribution in [3.8, 4) is 11.5 Å². The van der Waals surface area contributed by atoms with Gasteiger partial charge in [-0.05, 0) is 36.4 Å². The predicted octanol–water partition coefficient (Wildman–Crippen LogP) is 3.89. The fourth-order valence-electron chi connectivity index (χ4n) is 2.42. The minimum Gasteiger partial charge on any atom is -0.497 e. The van der Waals surface area contributed by atoms with Gasteiger partial charge in [0.25, 0.3) is 0 Å². The first-order valence-corrected chi connectivity index (χ1v) is 7.93. The number of benzene rings is 2.